The van der Waals surface area contributed by atoms with Crippen LogP contribution in [-0.4, -0.2) is 66.8 Å². The van der Waals surface area contributed by atoms with Crippen LogP contribution >= 0.6 is 0 Å². The number of carboxylic acid groups (broad SMARTS) is 1. The molecule has 1 unspecified atom stereocenters. The monoisotopic (exact) mass is 258 g/mol. The van der Waals surface area contributed by atoms with E-state index in [-0.39, 0.29) is 18.5 Å². The zero-order valence-corrected chi connectivity index (χ0v) is 11.1. The fourth-order valence-corrected chi connectivity index (χ4v) is 2.21. The molecule has 0 radical (unpaired) electrons. The predicted octanol–water partition coefficient (Wildman–Crippen LogP) is 1.01. The van der Waals surface area contributed by atoms with Crippen LogP contribution in [0.1, 0.15) is 25.7 Å². The number of hydrogen-bond acceptors (Lipinski definition) is 3. The van der Waals surface area contributed by atoms with Gasteiger partial charge in [-0.15, -0.1) is 0 Å². The first kappa shape index (κ1) is 14.8. The molecule has 1 atom stereocenters. The summed E-state index contributed by atoms with van der Waals surface area (Å²) in [5.74, 6) is -0.848. The number of carbonyl (C=O) groups excluding carboxylic acids is 1. The van der Waals surface area contributed by atoms with Gasteiger partial charge in [0.2, 0.25) is 0 Å². The van der Waals surface area contributed by atoms with Crippen LogP contribution < -0.4 is 0 Å². The van der Waals surface area contributed by atoms with Gasteiger partial charge < -0.3 is 19.6 Å². The number of carbonyl (C=O) groups is 2. The zero-order valence-electron chi connectivity index (χ0n) is 11.1. The molecule has 0 aromatic carbocycles. The van der Waals surface area contributed by atoms with Gasteiger partial charge in [0, 0.05) is 33.3 Å². The highest BCUT2D eigenvalue weighted by atomic mass is 16.5. The van der Waals surface area contributed by atoms with E-state index in [1.54, 1.807) is 24.0 Å². The van der Waals surface area contributed by atoms with Crippen LogP contribution in [-0.2, 0) is 9.53 Å². The van der Waals surface area contributed by atoms with Crippen LogP contribution in [0.3, 0.4) is 0 Å². The molecule has 0 aromatic heterocycles. The number of likely N-dealkylation sites (N-methyl/N-ethyl adjacent to an activating group) is 1. The summed E-state index contributed by atoms with van der Waals surface area (Å²) in [4.78, 5) is 26.3. The Hall–Kier alpha value is -1.30. The molecule has 104 valence electrons. The first-order chi connectivity index (χ1) is 8.56. The van der Waals surface area contributed by atoms with Crippen LogP contribution in [0.15, 0.2) is 0 Å². The molecule has 1 aliphatic rings. The summed E-state index contributed by atoms with van der Waals surface area (Å²) in [6.07, 6.45) is 2.74. The van der Waals surface area contributed by atoms with Crippen molar-refractivity contribution in [1.82, 2.24) is 9.80 Å². The van der Waals surface area contributed by atoms with Crippen molar-refractivity contribution < 1.29 is 19.4 Å². The molecule has 0 aliphatic carbocycles. The Morgan fingerprint density at radius 1 is 1.44 bits per heavy atom. The number of piperidine rings is 1. The third kappa shape index (κ3) is 4.18. The second-order valence-corrected chi connectivity index (χ2v) is 4.64. The average molecular weight is 258 g/mol. The predicted molar refractivity (Wildman–Crippen MR) is 66.5 cm³/mol. The molecule has 1 fully saturated rings. The molecule has 1 saturated heterocycles. The number of methoxy groups -OCH3 is 1. The summed E-state index contributed by atoms with van der Waals surface area (Å²) in [5.41, 5.74) is 0. The van der Waals surface area contributed by atoms with Crippen LogP contribution in [0.25, 0.3) is 0 Å². The van der Waals surface area contributed by atoms with Gasteiger partial charge in [-0.1, -0.05) is 0 Å². The number of carboxylic acids is 1. The van der Waals surface area contributed by atoms with E-state index >= 15 is 0 Å². The lowest BCUT2D eigenvalue weighted by Gasteiger charge is -2.37. The topological polar surface area (TPSA) is 70.1 Å². The zero-order chi connectivity index (χ0) is 13.5. The van der Waals surface area contributed by atoms with Gasteiger partial charge in [-0.2, -0.15) is 0 Å². The maximum absolute atomic E-state index is 12.2. The number of urea groups is 1. The number of nitrogens with zero attached hydrogens (tertiary/aromatic N) is 2. The molecule has 6 nitrogen and oxygen atoms in total. The molecule has 0 aromatic rings. The van der Waals surface area contributed by atoms with Crippen molar-refractivity contribution in [1.29, 1.82) is 0 Å². The van der Waals surface area contributed by atoms with Gasteiger partial charge in [-0.25, -0.2) is 4.79 Å². The Labute approximate surface area is 107 Å². The fourth-order valence-electron chi connectivity index (χ4n) is 2.21. The highest BCUT2D eigenvalue weighted by Gasteiger charge is 2.29. The molecule has 1 N–H and O–H groups in total. The quantitative estimate of drug-likeness (QED) is 0.799. The van der Waals surface area contributed by atoms with Crippen molar-refractivity contribution >= 4 is 12.0 Å². The average Bonchev–Trinajstić information content (AvgIpc) is 2.35. The number of amides is 2. The Kier molecular flexibility index (Phi) is 5.91. The van der Waals surface area contributed by atoms with E-state index in [0.29, 0.717) is 19.7 Å². The molecule has 2 amide bonds. The smallest absolute Gasteiger partial charge is 0.320 e. The van der Waals surface area contributed by atoms with E-state index in [4.69, 9.17) is 9.84 Å². The second kappa shape index (κ2) is 7.20. The van der Waals surface area contributed by atoms with Crippen LogP contribution in [0.5, 0.6) is 0 Å². The SMILES string of the molecule is COCCN(C)C(=O)N1CCCCC1CC(=O)O. The first-order valence-corrected chi connectivity index (χ1v) is 6.28. The van der Waals surface area contributed by atoms with Crippen molar-refractivity contribution in [2.45, 2.75) is 31.7 Å². The van der Waals surface area contributed by atoms with Gasteiger partial charge in [-0.3, -0.25) is 4.79 Å². The molecule has 18 heavy (non-hydrogen) atoms. The van der Waals surface area contributed by atoms with Gasteiger partial charge >= 0.3 is 12.0 Å². The first-order valence-electron chi connectivity index (χ1n) is 6.28. The van der Waals surface area contributed by atoms with Crippen LogP contribution in [0, 0.1) is 0 Å². The minimum atomic E-state index is -0.848. The van der Waals surface area contributed by atoms with Gasteiger partial charge in [0.05, 0.1) is 13.0 Å². The molecule has 1 rings (SSSR count). The number of ether oxygens (including phenoxy) is 1. The molecule has 1 heterocycles. The minimum Gasteiger partial charge on any atom is -0.481 e. The third-order valence-electron chi connectivity index (χ3n) is 3.24. The number of aliphatic carboxylic acids is 1. The molecule has 0 saturated carbocycles. The summed E-state index contributed by atoms with van der Waals surface area (Å²) in [7, 11) is 3.31. The lowest BCUT2D eigenvalue weighted by atomic mass is 10.00. The van der Waals surface area contributed by atoms with Gasteiger partial charge in [0.15, 0.2) is 0 Å². The van der Waals surface area contributed by atoms with E-state index in [1.807, 2.05) is 0 Å². The molecular formula is C12H22N2O4. The molecule has 0 bridgehead atoms. The Bertz CT molecular complexity index is 296. The molecule has 0 spiro atoms. The van der Waals surface area contributed by atoms with E-state index in [0.717, 1.165) is 19.3 Å². The summed E-state index contributed by atoms with van der Waals surface area (Å²) >= 11 is 0. The van der Waals surface area contributed by atoms with E-state index < -0.39 is 5.97 Å². The number of hydrogen-bond donors (Lipinski definition) is 1. The van der Waals surface area contributed by atoms with E-state index in [1.165, 1.54) is 0 Å². The third-order valence-corrected chi connectivity index (χ3v) is 3.24. The second-order valence-electron chi connectivity index (χ2n) is 4.64. The van der Waals surface area contributed by atoms with Crippen LogP contribution in [0.2, 0.25) is 0 Å². The molecular weight excluding hydrogens is 236 g/mol. The largest absolute Gasteiger partial charge is 0.481 e. The van der Waals surface area contributed by atoms with Gasteiger partial charge in [0.1, 0.15) is 0 Å². The summed E-state index contributed by atoms with van der Waals surface area (Å²) < 4.78 is 4.93. The maximum atomic E-state index is 12.2. The standard InChI is InChI=1S/C12H22N2O4/c1-13(7-8-18-2)12(17)14-6-4-3-5-10(14)9-11(15)16/h10H,3-9H2,1-2H3,(H,15,16). The lowest BCUT2D eigenvalue weighted by molar-refractivity contribution is -0.138. The number of likely N-dealkylation sites (tertiary alicyclic amines) is 1. The summed E-state index contributed by atoms with van der Waals surface area (Å²) in [5, 5.41) is 8.87. The fraction of sp³-hybridized carbons (Fsp3) is 0.833. The summed E-state index contributed by atoms with van der Waals surface area (Å²) in [6.45, 7) is 1.65. The number of rotatable bonds is 5. The van der Waals surface area contributed by atoms with Crippen molar-refractivity contribution in [3.05, 3.63) is 0 Å². The van der Waals surface area contributed by atoms with Crippen molar-refractivity contribution in [2.24, 2.45) is 0 Å². The van der Waals surface area contributed by atoms with E-state index in [2.05, 4.69) is 0 Å². The van der Waals surface area contributed by atoms with Crippen molar-refractivity contribution in [3.63, 3.8) is 0 Å². The van der Waals surface area contributed by atoms with Crippen molar-refractivity contribution in [3.8, 4) is 0 Å². The summed E-state index contributed by atoms with van der Waals surface area (Å²) in [6, 6.07) is -0.272. The maximum Gasteiger partial charge on any atom is 0.320 e. The van der Waals surface area contributed by atoms with Gasteiger partial charge in [0.25, 0.3) is 0 Å². The molecule has 6 heteroatoms. The Morgan fingerprint density at radius 3 is 2.78 bits per heavy atom. The highest BCUT2D eigenvalue weighted by molar-refractivity contribution is 5.76. The van der Waals surface area contributed by atoms with E-state index in [9.17, 15) is 9.59 Å². The normalized spacial score (nSPS) is 19.7. The highest BCUT2D eigenvalue weighted by Crippen LogP contribution is 2.20. The Morgan fingerprint density at radius 2 is 2.17 bits per heavy atom. The van der Waals surface area contributed by atoms with Crippen LogP contribution in [0.4, 0.5) is 4.79 Å². The lowest BCUT2D eigenvalue weighted by Crippen LogP contribution is -2.50. The Balaban J connectivity index is 2.58. The van der Waals surface area contributed by atoms with Gasteiger partial charge in [-0.05, 0) is 19.3 Å². The molecule has 1 aliphatic heterocycles. The van der Waals surface area contributed by atoms with Crippen molar-refractivity contribution in [2.75, 3.05) is 33.9 Å². The minimum absolute atomic E-state index is 0.0316.